The second-order valence-electron chi connectivity index (χ2n) is 8.53. The summed E-state index contributed by atoms with van der Waals surface area (Å²) in [5.41, 5.74) is 2.46. The number of likely N-dealkylation sites (tertiary alicyclic amines) is 1. The summed E-state index contributed by atoms with van der Waals surface area (Å²) in [6.07, 6.45) is 0.560. The molecule has 0 saturated carbocycles. The van der Waals surface area contributed by atoms with E-state index in [0.717, 1.165) is 11.1 Å². The van der Waals surface area contributed by atoms with Gasteiger partial charge in [0.2, 0.25) is 11.8 Å². The molecule has 9 nitrogen and oxygen atoms in total. The van der Waals surface area contributed by atoms with Crippen molar-refractivity contribution in [1.29, 1.82) is 0 Å². The Balaban J connectivity index is 1.27. The van der Waals surface area contributed by atoms with Gasteiger partial charge < -0.3 is 10.2 Å². The molecular formula is C20H24N4O5S. The first kappa shape index (κ1) is 19.7. The van der Waals surface area contributed by atoms with Crippen molar-refractivity contribution in [3.05, 3.63) is 34.9 Å². The minimum absolute atomic E-state index is 0.192. The van der Waals surface area contributed by atoms with Crippen LogP contribution in [0.25, 0.3) is 0 Å². The van der Waals surface area contributed by atoms with E-state index in [1.54, 1.807) is 11.0 Å². The van der Waals surface area contributed by atoms with E-state index in [4.69, 9.17) is 0 Å². The molecule has 3 amide bonds. The number of carbonyl (C=O) groups is 3. The van der Waals surface area contributed by atoms with Crippen molar-refractivity contribution in [3.63, 3.8) is 0 Å². The molecule has 1 aromatic rings. The SMILES string of the molecule is O=C1CCC(N2Cc3c(CN4CC(S(=O)(=O)C5CNC5)C4)cccc3C2=O)C(=O)N1. The first-order valence-corrected chi connectivity index (χ1v) is 11.9. The Morgan fingerprint density at radius 3 is 2.50 bits per heavy atom. The Bertz CT molecular complexity index is 1030. The maximum Gasteiger partial charge on any atom is 0.255 e. The average Bonchev–Trinajstić information content (AvgIpc) is 2.93. The summed E-state index contributed by atoms with van der Waals surface area (Å²) >= 11 is 0. The number of nitrogens with zero attached hydrogens (tertiary/aromatic N) is 2. The smallest absolute Gasteiger partial charge is 0.255 e. The predicted molar refractivity (Wildman–Crippen MR) is 107 cm³/mol. The van der Waals surface area contributed by atoms with Crippen molar-refractivity contribution < 1.29 is 22.8 Å². The van der Waals surface area contributed by atoms with Crippen LogP contribution in [-0.2, 0) is 32.5 Å². The molecule has 4 aliphatic heterocycles. The first-order chi connectivity index (χ1) is 14.3. The van der Waals surface area contributed by atoms with Gasteiger partial charge in [-0.2, -0.15) is 0 Å². The molecule has 160 valence electrons. The fourth-order valence-electron chi connectivity index (χ4n) is 4.66. The van der Waals surface area contributed by atoms with Gasteiger partial charge in [-0.3, -0.25) is 24.6 Å². The lowest BCUT2D eigenvalue weighted by atomic mass is 10.0. The highest BCUT2D eigenvalue weighted by Crippen LogP contribution is 2.32. The largest absolute Gasteiger partial charge is 0.322 e. The number of imide groups is 1. The summed E-state index contributed by atoms with van der Waals surface area (Å²) in [7, 11) is -3.08. The molecule has 4 heterocycles. The molecule has 0 aliphatic carbocycles. The number of amides is 3. The minimum Gasteiger partial charge on any atom is -0.322 e. The minimum atomic E-state index is -3.08. The molecule has 0 bridgehead atoms. The molecule has 30 heavy (non-hydrogen) atoms. The lowest BCUT2D eigenvalue weighted by Gasteiger charge is -2.42. The van der Waals surface area contributed by atoms with E-state index in [1.807, 2.05) is 12.1 Å². The van der Waals surface area contributed by atoms with E-state index in [9.17, 15) is 22.8 Å². The summed E-state index contributed by atoms with van der Waals surface area (Å²) in [4.78, 5) is 40.2. The molecule has 1 atom stereocenters. The highest BCUT2D eigenvalue weighted by atomic mass is 32.2. The molecule has 5 rings (SSSR count). The second kappa shape index (κ2) is 7.14. The molecule has 3 fully saturated rings. The van der Waals surface area contributed by atoms with Crippen LogP contribution in [0.5, 0.6) is 0 Å². The van der Waals surface area contributed by atoms with Crippen LogP contribution in [0.3, 0.4) is 0 Å². The predicted octanol–water partition coefficient (Wildman–Crippen LogP) is -0.982. The summed E-state index contributed by atoms with van der Waals surface area (Å²) in [5, 5.41) is 4.75. The van der Waals surface area contributed by atoms with E-state index < -0.39 is 21.8 Å². The number of nitrogens with one attached hydrogen (secondary N) is 2. The van der Waals surface area contributed by atoms with Crippen LogP contribution < -0.4 is 10.6 Å². The Hall–Kier alpha value is -2.30. The third-order valence-electron chi connectivity index (χ3n) is 6.67. The second-order valence-corrected chi connectivity index (χ2v) is 11.0. The van der Waals surface area contributed by atoms with Crippen LogP contribution in [0.1, 0.15) is 34.3 Å². The third-order valence-corrected chi connectivity index (χ3v) is 9.16. The van der Waals surface area contributed by atoms with Crippen LogP contribution in [-0.4, -0.2) is 78.7 Å². The van der Waals surface area contributed by atoms with E-state index in [2.05, 4.69) is 15.5 Å². The molecule has 0 spiro atoms. The summed E-state index contributed by atoms with van der Waals surface area (Å²) < 4.78 is 25.0. The van der Waals surface area contributed by atoms with Crippen molar-refractivity contribution in [2.75, 3.05) is 26.2 Å². The number of hydrogen-bond acceptors (Lipinski definition) is 7. The van der Waals surface area contributed by atoms with Crippen molar-refractivity contribution >= 4 is 27.6 Å². The Morgan fingerprint density at radius 1 is 1.07 bits per heavy atom. The Labute approximate surface area is 174 Å². The van der Waals surface area contributed by atoms with Crippen molar-refractivity contribution in [1.82, 2.24) is 20.4 Å². The molecule has 0 radical (unpaired) electrons. The van der Waals surface area contributed by atoms with Gasteiger partial charge in [0.1, 0.15) is 6.04 Å². The lowest BCUT2D eigenvalue weighted by Crippen LogP contribution is -2.62. The Morgan fingerprint density at radius 2 is 1.83 bits per heavy atom. The van der Waals surface area contributed by atoms with E-state index >= 15 is 0 Å². The molecule has 3 saturated heterocycles. The normalized spacial score (nSPS) is 25.7. The van der Waals surface area contributed by atoms with Gasteiger partial charge >= 0.3 is 0 Å². The van der Waals surface area contributed by atoms with Crippen molar-refractivity contribution in [3.8, 4) is 0 Å². The standard InChI is InChI=1S/C20H24N4O5S/c25-18-5-4-17(19(26)22-18)24-11-16-12(2-1-3-15(16)20(24)27)8-23-9-14(10-23)30(28,29)13-6-21-7-13/h1-3,13-14,17,21H,4-11H2,(H,22,25,26). The number of piperidine rings is 1. The fraction of sp³-hybridized carbons (Fsp3) is 0.550. The van der Waals surface area contributed by atoms with Gasteiger partial charge in [0.15, 0.2) is 9.84 Å². The van der Waals surface area contributed by atoms with Crippen molar-refractivity contribution in [2.24, 2.45) is 0 Å². The molecule has 1 aromatic carbocycles. The van der Waals surface area contributed by atoms with Crippen LogP contribution in [0.4, 0.5) is 0 Å². The number of benzene rings is 1. The van der Waals surface area contributed by atoms with Gasteiger partial charge in [0, 0.05) is 51.3 Å². The lowest BCUT2D eigenvalue weighted by molar-refractivity contribution is -0.136. The summed E-state index contributed by atoms with van der Waals surface area (Å²) in [5.74, 6) is -0.917. The molecule has 10 heteroatoms. The number of carbonyl (C=O) groups excluding carboxylic acids is 3. The van der Waals surface area contributed by atoms with Crippen molar-refractivity contribution in [2.45, 2.75) is 42.5 Å². The maximum absolute atomic E-state index is 12.9. The molecule has 4 aliphatic rings. The first-order valence-electron chi connectivity index (χ1n) is 10.3. The summed E-state index contributed by atoms with van der Waals surface area (Å²) in [6, 6.07) is 4.91. The van der Waals surface area contributed by atoms with Gasteiger partial charge in [-0.15, -0.1) is 0 Å². The van der Waals surface area contributed by atoms with E-state index in [-0.39, 0.29) is 28.7 Å². The van der Waals surface area contributed by atoms with Gasteiger partial charge in [0.25, 0.3) is 5.91 Å². The van der Waals surface area contributed by atoms with Crippen LogP contribution in [0, 0.1) is 0 Å². The quantitative estimate of drug-likeness (QED) is 0.575. The highest BCUT2D eigenvalue weighted by Gasteiger charge is 2.44. The van der Waals surface area contributed by atoms with Gasteiger partial charge in [-0.1, -0.05) is 12.1 Å². The van der Waals surface area contributed by atoms with Crippen LogP contribution in [0.15, 0.2) is 18.2 Å². The highest BCUT2D eigenvalue weighted by molar-refractivity contribution is 7.92. The zero-order valence-corrected chi connectivity index (χ0v) is 17.3. The van der Waals surface area contributed by atoms with Gasteiger partial charge in [-0.25, -0.2) is 8.42 Å². The molecule has 0 aromatic heterocycles. The average molecular weight is 433 g/mol. The van der Waals surface area contributed by atoms with Gasteiger partial charge in [0.05, 0.1) is 10.5 Å². The maximum atomic E-state index is 12.9. The topological polar surface area (TPSA) is 116 Å². The number of hydrogen-bond donors (Lipinski definition) is 2. The molecular weight excluding hydrogens is 408 g/mol. The summed E-state index contributed by atoms with van der Waals surface area (Å²) in [6.45, 7) is 3.02. The van der Waals surface area contributed by atoms with Crippen LogP contribution >= 0.6 is 0 Å². The van der Waals surface area contributed by atoms with E-state index in [1.165, 1.54) is 0 Å². The van der Waals surface area contributed by atoms with Crippen LogP contribution in [0.2, 0.25) is 0 Å². The fourth-order valence-corrected chi connectivity index (χ4v) is 6.75. The molecule has 1 unspecified atom stereocenters. The number of fused-ring (bicyclic) bond motifs is 1. The molecule has 2 N–H and O–H groups in total. The Kier molecular flexibility index (Phi) is 4.68. The number of sulfone groups is 1. The van der Waals surface area contributed by atoms with E-state index in [0.29, 0.717) is 51.3 Å². The zero-order valence-electron chi connectivity index (χ0n) is 16.5. The monoisotopic (exact) mass is 432 g/mol. The number of rotatable bonds is 5. The zero-order chi connectivity index (χ0) is 21.0. The third kappa shape index (κ3) is 3.14. The van der Waals surface area contributed by atoms with Gasteiger partial charge in [-0.05, 0) is 23.6 Å².